The quantitative estimate of drug-likeness (QED) is 0.667. The Hall–Kier alpha value is -1.32. The molecular formula is C7H11N3O. The van der Waals surface area contributed by atoms with Gasteiger partial charge in [-0.3, -0.25) is 9.89 Å². The number of hydrogen-bond donors (Lipinski definition) is 2. The van der Waals surface area contributed by atoms with E-state index in [9.17, 15) is 4.79 Å². The molecule has 0 aliphatic rings. The smallest absolute Gasteiger partial charge is 0.224 e. The Bertz CT molecular complexity index is 254. The van der Waals surface area contributed by atoms with Gasteiger partial charge >= 0.3 is 0 Å². The Kier molecular flexibility index (Phi) is 2.25. The average Bonchev–Trinajstić information content (AvgIpc) is 2.37. The van der Waals surface area contributed by atoms with Crippen LogP contribution in [0.3, 0.4) is 0 Å². The number of nitrogens with one attached hydrogen (secondary N) is 2. The van der Waals surface area contributed by atoms with Crippen LogP contribution in [0.5, 0.6) is 0 Å². The van der Waals surface area contributed by atoms with Crippen molar-refractivity contribution < 1.29 is 4.79 Å². The first-order valence-corrected chi connectivity index (χ1v) is 3.54. The van der Waals surface area contributed by atoms with E-state index in [0.717, 1.165) is 11.4 Å². The van der Waals surface area contributed by atoms with E-state index in [1.807, 2.05) is 13.8 Å². The maximum absolute atomic E-state index is 10.9. The van der Waals surface area contributed by atoms with Crippen LogP contribution in [-0.4, -0.2) is 16.1 Å². The fourth-order valence-corrected chi connectivity index (χ4v) is 0.723. The third kappa shape index (κ3) is 1.80. The number of anilines is 1. The van der Waals surface area contributed by atoms with Gasteiger partial charge in [0, 0.05) is 12.6 Å². The summed E-state index contributed by atoms with van der Waals surface area (Å²) in [4.78, 5) is 10.9. The van der Waals surface area contributed by atoms with Gasteiger partial charge in [0.15, 0.2) is 0 Å². The molecule has 1 heterocycles. The first-order chi connectivity index (χ1) is 5.24. The fourth-order valence-electron chi connectivity index (χ4n) is 0.723. The Morgan fingerprint density at radius 2 is 2.55 bits per heavy atom. The number of H-pyrrole nitrogens is 1. The Labute approximate surface area is 65.0 Å². The van der Waals surface area contributed by atoms with E-state index in [2.05, 4.69) is 15.5 Å². The highest BCUT2D eigenvalue weighted by Gasteiger charge is 2.02. The van der Waals surface area contributed by atoms with Crippen LogP contribution in [0.15, 0.2) is 6.20 Å². The summed E-state index contributed by atoms with van der Waals surface area (Å²) in [6.45, 7) is 3.65. The molecule has 60 valence electrons. The lowest BCUT2D eigenvalue weighted by atomic mass is 10.4. The van der Waals surface area contributed by atoms with Crippen molar-refractivity contribution in [3.05, 3.63) is 11.9 Å². The molecule has 0 spiro atoms. The zero-order chi connectivity index (χ0) is 8.27. The molecule has 2 N–H and O–H groups in total. The molecule has 0 bridgehead atoms. The third-order valence-electron chi connectivity index (χ3n) is 1.43. The minimum Gasteiger partial charge on any atom is -0.323 e. The molecule has 0 aromatic carbocycles. The van der Waals surface area contributed by atoms with Gasteiger partial charge in [-0.2, -0.15) is 5.10 Å². The van der Waals surface area contributed by atoms with E-state index in [1.165, 1.54) is 0 Å². The minimum absolute atomic E-state index is 0.00880. The van der Waals surface area contributed by atoms with Gasteiger partial charge in [-0.15, -0.1) is 0 Å². The van der Waals surface area contributed by atoms with Gasteiger partial charge < -0.3 is 5.32 Å². The Balaban J connectivity index is 2.64. The molecule has 1 rings (SSSR count). The lowest BCUT2D eigenvalue weighted by Crippen LogP contribution is -2.09. The first kappa shape index (κ1) is 7.78. The summed E-state index contributed by atoms with van der Waals surface area (Å²) in [5, 5.41) is 9.23. The summed E-state index contributed by atoms with van der Waals surface area (Å²) in [5.74, 6) is 0.00880. The second-order valence-corrected chi connectivity index (χ2v) is 2.29. The maximum Gasteiger partial charge on any atom is 0.224 e. The molecule has 0 aliphatic heterocycles. The van der Waals surface area contributed by atoms with Crippen LogP contribution < -0.4 is 5.32 Å². The average molecular weight is 153 g/mol. The lowest BCUT2D eigenvalue weighted by molar-refractivity contribution is -0.115. The van der Waals surface area contributed by atoms with E-state index in [-0.39, 0.29) is 5.91 Å². The van der Waals surface area contributed by atoms with Crippen LogP contribution >= 0.6 is 0 Å². The third-order valence-corrected chi connectivity index (χ3v) is 1.43. The molecular weight excluding hydrogens is 142 g/mol. The van der Waals surface area contributed by atoms with Crippen molar-refractivity contribution in [2.24, 2.45) is 0 Å². The number of rotatable bonds is 2. The second-order valence-electron chi connectivity index (χ2n) is 2.29. The van der Waals surface area contributed by atoms with E-state index >= 15 is 0 Å². The molecule has 0 atom stereocenters. The molecule has 11 heavy (non-hydrogen) atoms. The van der Waals surface area contributed by atoms with Crippen LogP contribution in [-0.2, 0) is 4.79 Å². The minimum atomic E-state index is 0.00880. The van der Waals surface area contributed by atoms with Crippen molar-refractivity contribution in [3.63, 3.8) is 0 Å². The largest absolute Gasteiger partial charge is 0.323 e. The molecule has 1 aromatic heterocycles. The number of aromatic nitrogens is 2. The molecule has 0 unspecified atom stereocenters. The summed E-state index contributed by atoms with van der Waals surface area (Å²) in [6, 6.07) is 0. The number of amides is 1. The second kappa shape index (κ2) is 3.18. The summed E-state index contributed by atoms with van der Waals surface area (Å²) < 4.78 is 0. The predicted molar refractivity (Wildman–Crippen MR) is 42.2 cm³/mol. The predicted octanol–water partition coefficient (Wildman–Crippen LogP) is 1.07. The van der Waals surface area contributed by atoms with Crippen molar-refractivity contribution >= 4 is 11.6 Å². The Morgan fingerprint density at radius 3 is 3.00 bits per heavy atom. The molecule has 4 nitrogen and oxygen atoms in total. The number of aromatic amines is 1. The first-order valence-electron chi connectivity index (χ1n) is 3.54. The van der Waals surface area contributed by atoms with Gasteiger partial charge in [0.25, 0.3) is 0 Å². The van der Waals surface area contributed by atoms with Crippen LogP contribution in [0.2, 0.25) is 0 Å². The zero-order valence-corrected chi connectivity index (χ0v) is 6.64. The number of carbonyl (C=O) groups excluding carboxylic acids is 1. The van der Waals surface area contributed by atoms with Crippen molar-refractivity contribution in [1.82, 2.24) is 10.2 Å². The normalized spacial score (nSPS) is 9.64. The highest BCUT2D eigenvalue weighted by Crippen LogP contribution is 2.08. The van der Waals surface area contributed by atoms with Crippen LogP contribution in [0.1, 0.15) is 19.0 Å². The van der Waals surface area contributed by atoms with Gasteiger partial charge in [-0.25, -0.2) is 0 Å². The molecule has 4 heteroatoms. The van der Waals surface area contributed by atoms with Gasteiger partial charge in [-0.05, 0) is 6.92 Å². The molecule has 0 aliphatic carbocycles. The number of hydrogen-bond acceptors (Lipinski definition) is 2. The van der Waals surface area contributed by atoms with Crippen molar-refractivity contribution in [2.45, 2.75) is 20.3 Å². The lowest BCUT2D eigenvalue weighted by Gasteiger charge is -1.98. The summed E-state index contributed by atoms with van der Waals surface area (Å²) in [5.41, 5.74) is 1.57. The van der Waals surface area contributed by atoms with Crippen molar-refractivity contribution in [3.8, 4) is 0 Å². The Morgan fingerprint density at radius 1 is 1.82 bits per heavy atom. The van der Waals surface area contributed by atoms with Crippen molar-refractivity contribution in [1.29, 1.82) is 0 Å². The molecule has 0 radical (unpaired) electrons. The van der Waals surface area contributed by atoms with Gasteiger partial charge in [-0.1, -0.05) is 6.92 Å². The number of carbonyl (C=O) groups is 1. The fraction of sp³-hybridized carbons (Fsp3) is 0.429. The van der Waals surface area contributed by atoms with E-state index < -0.39 is 0 Å². The van der Waals surface area contributed by atoms with E-state index in [1.54, 1.807) is 6.20 Å². The SMILES string of the molecule is CCC(=O)Nc1c[nH]nc1C. The number of nitrogens with zero attached hydrogens (tertiary/aromatic N) is 1. The number of aryl methyl sites for hydroxylation is 1. The molecule has 1 amide bonds. The van der Waals surface area contributed by atoms with Crippen molar-refractivity contribution in [2.75, 3.05) is 5.32 Å². The standard InChI is InChI=1S/C7H11N3O/c1-3-7(11)9-6-4-8-10-5(6)2/h4H,3H2,1-2H3,(H,8,10)(H,9,11). The van der Waals surface area contributed by atoms with Crippen LogP contribution in [0.4, 0.5) is 5.69 Å². The van der Waals surface area contributed by atoms with E-state index in [4.69, 9.17) is 0 Å². The highest BCUT2D eigenvalue weighted by molar-refractivity contribution is 5.90. The zero-order valence-electron chi connectivity index (χ0n) is 6.64. The van der Waals surface area contributed by atoms with Gasteiger partial charge in [0.2, 0.25) is 5.91 Å². The summed E-state index contributed by atoms with van der Waals surface area (Å²) >= 11 is 0. The summed E-state index contributed by atoms with van der Waals surface area (Å²) in [6.07, 6.45) is 2.16. The van der Waals surface area contributed by atoms with Crippen LogP contribution in [0.25, 0.3) is 0 Å². The maximum atomic E-state index is 10.9. The topological polar surface area (TPSA) is 57.8 Å². The molecule has 1 aromatic rings. The highest BCUT2D eigenvalue weighted by atomic mass is 16.1. The molecule has 0 fully saturated rings. The van der Waals surface area contributed by atoms with E-state index in [0.29, 0.717) is 6.42 Å². The summed E-state index contributed by atoms with van der Waals surface area (Å²) in [7, 11) is 0. The molecule has 0 saturated heterocycles. The molecule has 0 saturated carbocycles. The van der Waals surface area contributed by atoms with Gasteiger partial charge in [0.1, 0.15) is 0 Å². The van der Waals surface area contributed by atoms with Crippen LogP contribution in [0, 0.1) is 6.92 Å². The monoisotopic (exact) mass is 153 g/mol. The van der Waals surface area contributed by atoms with Gasteiger partial charge in [0.05, 0.1) is 11.4 Å².